The molecule has 1 aromatic rings. The molecule has 0 spiro atoms. The van der Waals surface area contributed by atoms with Crippen molar-refractivity contribution in [2.24, 2.45) is 0 Å². The first-order chi connectivity index (χ1) is 10.7. The first kappa shape index (κ1) is 16.8. The van der Waals surface area contributed by atoms with E-state index in [9.17, 15) is 4.79 Å². The van der Waals surface area contributed by atoms with E-state index >= 15 is 0 Å². The number of rotatable bonds is 7. The Morgan fingerprint density at radius 2 is 2.27 bits per heavy atom. The van der Waals surface area contributed by atoms with Gasteiger partial charge in [-0.15, -0.1) is 0 Å². The summed E-state index contributed by atoms with van der Waals surface area (Å²) in [5.74, 6) is 1.63. The molecule has 6 heteroatoms. The van der Waals surface area contributed by atoms with Crippen molar-refractivity contribution in [3.8, 4) is 0 Å². The van der Waals surface area contributed by atoms with E-state index in [1.54, 1.807) is 12.0 Å². The summed E-state index contributed by atoms with van der Waals surface area (Å²) in [6, 6.07) is 3.64. The highest BCUT2D eigenvalue weighted by Crippen LogP contribution is 2.25. The fraction of sp³-hybridized carbons (Fsp3) is 0.688. The molecule has 1 atom stereocenters. The van der Waals surface area contributed by atoms with Crippen molar-refractivity contribution in [3.63, 3.8) is 0 Å². The van der Waals surface area contributed by atoms with Crippen molar-refractivity contribution in [1.82, 2.24) is 10.2 Å². The Morgan fingerprint density at radius 1 is 1.41 bits per heavy atom. The third kappa shape index (κ3) is 4.74. The van der Waals surface area contributed by atoms with Crippen LogP contribution < -0.4 is 5.32 Å². The van der Waals surface area contributed by atoms with Crippen molar-refractivity contribution < 1.29 is 18.7 Å². The highest BCUT2D eigenvalue weighted by molar-refractivity contribution is 5.74. The average molecular weight is 310 g/mol. The number of aryl methyl sites for hydroxylation is 1. The van der Waals surface area contributed by atoms with Crippen molar-refractivity contribution in [3.05, 3.63) is 23.7 Å². The standard InChI is InChI=1S/C16H26N2O4/c1-13-6-7-15(22-13)14-12-21-11-9-18(14)16(19)17-8-4-3-5-10-20-2/h6-7,14H,3-5,8-12H2,1-2H3,(H,17,19)/t14-/m0/s1. The molecule has 1 N–H and O–H groups in total. The summed E-state index contributed by atoms with van der Waals surface area (Å²) in [4.78, 5) is 14.2. The maximum Gasteiger partial charge on any atom is 0.318 e. The van der Waals surface area contributed by atoms with Crippen LogP contribution in [0.5, 0.6) is 0 Å². The number of hydrogen-bond acceptors (Lipinski definition) is 4. The number of carbonyl (C=O) groups excluding carboxylic acids is 1. The number of furan rings is 1. The normalized spacial score (nSPS) is 18.5. The molecule has 1 aliphatic heterocycles. The van der Waals surface area contributed by atoms with Crippen LogP contribution in [-0.2, 0) is 9.47 Å². The molecule has 1 fully saturated rings. The predicted molar refractivity (Wildman–Crippen MR) is 82.8 cm³/mol. The Kier molecular flexibility index (Phi) is 6.74. The molecule has 6 nitrogen and oxygen atoms in total. The van der Waals surface area contributed by atoms with Gasteiger partial charge in [0.25, 0.3) is 0 Å². The van der Waals surface area contributed by atoms with E-state index in [0.29, 0.717) is 26.3 Å². The van der Waals surface area contributed by atoms with Crippen LogP contribution in [0.15, 0.2) is 16.5 Å². The van der Waals surface area contributed by atoms with Gasteiger partial charge in [-0.1, -0.05) is 0 Å². The van der Waals surface area contributed by atoms with Crippen molar-refractivity contribution in [2.75, 3.05) is 40.0 Å². The number of methoxy groups -OCH3 is 1. The molecular weight excluding hydrogens is 284 g/mol. The van der Waals surface area contributed by atoms with Crippen LogP contribution in [0.2, 0.25) is 0 Å². The molecule has 1 saturated heterocycles. The van der Waals surface area contributed by atoms with Gasteiger partial charge in [-0.05, 0) is 38.3 Å². The molecule has 2 rings (SSSR count). The highest BCUT2D eigenvalue weighted by Gasteiger charge is 2.30. The monoisotopic (exact) mass is 310 g/mol. The maximum atomic E-state index is 12.4. The van der Waals surface area contributed by atoms with Crippen molar-refractivity contribution in [2.45, 2.75) is 32.2 Å². The van der Waals surface area contributed by atoms with Gasteiger partial charge in [0.1, 0.15) is 17.6 Å². The summed E-state index contributed by atoms with van der Waals surface area (Å²) in [7, 11) is 1.71. The molecule has 0 bridgehead atoms. The Bertz CT molecular complexity index is 461. The molecule has 0 aromatic carbocycles. The second-order valence-electron chi connectivity index (χ2n) is 5.52. The minimum atomic E-state index is -0.143. The lowest BCUT2D eigenvalue weighted by Crippen LogP contribution is -2.48. The van der Waals surface area contributed by atoms with Crippen LogP contribution >= 0.6 is 0 Å². The largest absolute Gasteiger partial charge is 0.464 e. The van der Waals surface area contributed by atoms with E-state index in [1.165, 1.54) is 0 Å². The number of hydrogen-bond donors (Lipinski definition) is 1. The molecule has 2 heterocycles. The zero-order valence-corrected chi connectivity index (χ0v) is 13.5. The summed E-state index contributed by atoms with van der Waals surface area (Å²) in [5, 5.41) is 2.98. The number of nitrogens with zero attached hydrogens (tertiary/aromatic N) is 1. The Balaban J connectivity index is 1.81. The molecule has 1 aromatic heterocycles. The number of nitrogens with one attached hydrogen (secondary N) is 1. The minimum Gasteiger partial charge on any atom is -0.464 e. The molecule has 0 unspecified atom stereocenters. The van der Waals surface area contributed by atoms with Gasteiger partial charge in [0, 0.05) is 26.8 Å². The molecule has 124 valence electrons. The van der Waals surface area contributed by atoms with Gasteiger partial charge in [-0.2, -0.15) is 0 Å². The maximum absolute atomic E-state index is 12.4. The lowest BCUT2D eigenvalue weighted by Gasteiger charge is -2.34. The average Bonchev–Trinajstić information content (AvgIpc) is 2.97. The lowest BCUT2D eigenvalue weighted by atomic mass is 10.2. The molecule has 0 aliphatic carbocycles. The Morgan fingerprint density at radius 3 is 3.00 bits per heavy atom. The van der Waals surface area contributed by atoms with Gasteiger partial charge < -0.3 is 24.1 Å². The van der Waals surface area contributed by atoms with Crippen LogP contribution in [0, 0.1) is 6.92 Å². The summed E-state index contributed by atoms with van der Waals surface area (Å²) in [6.45, 7) is 4.99. The van der Waals surface area contributed by atoms with E-state index in [0.717, 1.165) is 37.4 Å². The van der Waals surface area contributed by atoms with Crippen LogP contribution in [0.1, 0.15) is 36.8 Å². The second kappa shape index (κ2) is 8.80. The summed E-state index contributed by atoms with van der Waals surface area (Å²) >= 11 is 0. The Labute approximate surface area is 131 Å². The summed E-state index contributed by atoms with van der Waals surface area (Å²) in [5.41, 5.74) is 0. The van der Waals surface area contributed by atoms with Gasteiger partial charge in [0.05, 0.1) is 13.2 Å². The quantitative estimate of drug-likeness (QED) is 0.786. The number of morpholine rings is 1. The lowest BCUT2D eigenvalue weighted by molar-refractivity contribution is 0.00409. The molecule has 1 aliphatic rings. The summed E-state index contributed by atoms with van der Waals surface area (Å²) in [6.07, 6.45) is 3.04. The second-order valence-corrected chi connectivity index (χ2v) is 5.52. The van der Waals surface area contributed by atoms with Crippen LogP contribution in [0.3, 0.4) is 0 Å². The van der Waals surface area contributed by atoms with Gasteiger partial charge in [-0.3, -0.25) is 0 Å². The van der Waals surface area contributed by atoms with Crippen LogP contribution in [0.4, 0.5) is 4.79 Å². The predicted octanol–water partition coefficient (Wildman–Crippen LogP) is 2.49. The van der Waals surface area contributed by atoms with Crippen molar-refractivity contribution in [1.29, 1.82) is 0 Å². The SMILES string of the molecule is COCCCCCNC(=O)N1CCOC[C@H]1c1ccc(C)o1. The first-order valence-electron chi connectivity index (χ1n) is 7.90. The minimum absolute atomic E-state index is 0.0471. The molecule has 0 saturated carbocycles. The van der Waals surface area contributed by atoms with Gasteiger partial charge in [0.2, 0.25) is 0 Å². The van der Waals surface area contributed by atoms with Gasteiger partial charge in [0.15, 0.2) is 0 Å². The van der Waals surface area contributed by atoms with Crippen LogP contribution in [0.25, 0.3) is 0 Å². The third-order valence-electron chi connectivity index (χ3n) is 3.78. The third-order valence-corrected chi connectivity index (χ3v) is 3.78. The zero-order valence-electron chi connectivity index (χ0n) is 13.5. The molecule has 2 amide bonds. The topological polar surface area (TPSA) is 63.9 Å². The van der Waals surface area contributed by atoms with Crippen LogP contribution in [-0.4, -0.2) is 51.0 Å². The molecule has 22 heavy (non-hydrogen) atoms. The van der Waals surface area contributed by atoms with E-state index < -0.39 is 0 Å². The fourth-order valence-corrected chi connectivity index (χ4v) is 2.56. The highest BCUT2D eigenvalue weighted by atomic mass is 16.5. The number of urea groups is 1. The fourth-order valence-electron chi connectivity index (χ4n) is 2.56. The first-order valence-corrected chi connectivity index (χ1v) is 7.90. The summed E-state index contributed by atoms with van der Waals surface area (Å²) < 4.78 is 16.2. The smallest absolute Gasteiger partial charge is 0.318 e. The van der Waals surface area contributed by atoms with E-state index in [2.05, 4.69) is 5.32 Å². The van der Waals surface area contributed by atoms with E-state index in [4.69, 9.17) is 13.9 Å². The zero-order chi connectivity index (χ0) is 15.8. The van der Waals surface area contributed by atoms with E-state index in [-0.39, 0.29) is 12.1 Å². The Hall–Kier alpha value is -1.53. The number of unbranched alkanes of at least 4 members (excludes halogenated alkanes) is 2. The number of carbonyl (C=O) groups is 1. The number of ether oxygens (including phenoxy) is 2. The van der Waals surface area contributed by atoms with Crippen molar-refractivity contribution >= 4 is 6.03 Å². The van der Waals surface area contributed by atoms with Gasteiger partial charge in [-0.25, -0.2) is 4.79 Å². The molecule has 0 radical (unpaired) electrons. The van der Waals surface area contributed by atoms with E-state index in [1.807, 2.05) is 19.1 Å². The molecular formula is C16H26N2O4. The number of amides is 2. The van der Waals surface area contributed by atoms with Gasteiger partial charge >= 0.3 is 6.03 Å².